The number of allylic oxidation sites excluding steroid dienone is 1. The van der Waals surface area contributed by atoms with E-state index in [9.17, 15) is 0 Å². The Kier molecular flexibility index (Phi) is 1.59. The largest absolute Gasteiger partial charge is 0.383 e. The highest BCUT2D eigenvalue weighted by atomic mass is 15.0. The van der Waals surface area contributed by atoms with Crippen LogP contribution < -0.4 is 5.73 Å². The normalized spacial score (nSPS) is 10.5. The summed E-state index contributed by atoms with van der Waals surface area (Å²) in [6.45, 7) is 5.83. The number of nitrogens with zero attached hydrogens (tertiary/aromatic N) is 2. The molecule has 0 radical (unpaired) electrons. The maximum Gasteiger partial charge on any atom is 0.132 e. The predicted octanol–water partition coefficient (Wildman–Crippen LogP) is 2.11. The molecule has 2 N–H and O–H groups in total. The smallest absolute Gasteiger partial charge is 0.132 e. The zero-order valence-electron chi connectivity index (χ0n) is 7.49. The zero-order chi connectivity index (χ0) is 9.42. The van der Waals surface area contributed by atoms with Gasteiger partial charge < -0.3 is 10.3 Å². The fourth-order valence-electron chi connectivity index (χ4n) is 1.42. The van der Waals surface area contributed by atoms with Crippen LogP contribution in [-0.4, -0.2) is 9.55 Å². The highest BCUT2D eigenvalue weighted by molar-refractivity contribution is 5.90. The lowest BCUT2D eigenvalue weighted by Crippen LogP contribution is -1.92. The van der Waals surface area contributed by atoms with E-state index in [1.165, 1.54) is 0 Å². The first-order valence-corrected chi connectivity index (χ1v) is 4.07. The van der Waals surface area contributed by atoms with Crippen LogP contribution in [0.25, 0.3) is 16.6 Å². The van der Waals surface area contributed by atoms with Crippen LogP contribution in [-0.2, 0) is 0 Å². The Morgan fingerprint density at radius 2 is 2.31 bits per heavy atom. The molecule has 0 fully saturated rings. The van der Waals surface area contributed by atoms with Crippen molar-refractivity contribution in [2.75, 3.05) is 5.73 Å². The lowest BCUT2D eigenvalue weighted by molar-refractivity contribution is 1.15. The minimum atomic E-state index is 0.567. The molecule has 0 saturated carbocycles. The van der Waals surface area contributed by atoms with Gasteiger partial charge in [-0.2, -0.15) is 0 Å². The molecule has 2 heterocycles. The fourth-order valence-corrected chi connectivity index (χ4v) is 1.42. The van der Waals surface area contributed by atoms with Crippen molar-refractivity contribution >= 4 is 22.4 Å². The van der Waals surface area contributed by atoms with Gasteiger partial charge in [-0.1, -0.05) is 6.58 Å². The monoisotopic (exact) mass is 173 g/mol. The second kappa shape index (κ2) is 2.62. The molecule has 3 heteroatoms. The van der Waals surface area contributed by atoms with Gasteiger partial charge in [0.25, 0.3) is 0 Å². The number of fused-ring (bicyclic) bond motifs is 1. The molecule has 2 aromatic rings. The Morgan fingerprint density at radius 1 is 1.54 bits per heavy atom. The van der Waals surface area contributed by atoms with E-state index in [0.717, 1.165) is 16.6 Å². The SMILES string of the molecule is C=C(C)n1ccc2c(N)nccc21. The Morgan fingerprint density at radius 3 is 3.00 bits per heavy atom. The molecule has 0 unspecified atom stereocenters. The highest BCUT2D eigenvalue weighted by Crippen LogP contribution is 2.21. The highest BCUT2D eigenvalue weighted by Gasteiger charge is 2.03. The summed E-state index contributed by atoms with van der Waals surface area (Å²) in [5, 5.41) is 0.977. The van der Waals surface area contributed by atoms with Crippen LogP contribution in [0, 0.1) is 0 Å². The van der Waals surface area contributed by atoms with Crippen LogP contribution in [0.3, 0.4) is 0 Å². The van der Waals surface area contributed by atoms with Gasteiger partial charge in [-0.05, 0) is 19.1 Å². The minimum Gasteiger partial charge on any atom is -0.383 e. The number of pyridine rings is 1. The van der Waals surface area contributed by atoms with E-state index in [4.69, 9.17) is 5.73 Å². The van der Waals surface area contributed by atoms with Crippen LogP contribution in [0.5, 0.6) is 0 Å². The lowest BCUT2D eigenvalue weighted by Gasteiger charge is -2.02. The first-order valence-electron chi connectivity index (χ1n) is 4.07. The van der Waals surface area contributed by atoms with Gasteiger partial charge in [0.05, 0.1) is 5.52 Å². The van der Waals surface area contributed by atoms with E-state index in [-0.39, 0.29) is 0 Å². The summed E-state index contributed by atoms with van der Waals surface area (Å²) in [5.74, 6) is 0.567. The number of nitrogen functional groups attached to an aromatic ring is 1. The Bertz CT molecular complexity index is 468. The summed E-state index contributed by atoms with van der Waals surface area (Å²) in [5.41, 5.74) is 7.74. The fraction of sp³-hybridized carbons (Fsp3) is 0.100. The molecular formula is C10H11N3. The average Bonchev–Trinajstić information content (AvgIpc) is 2.48. The van der Waals surface area contributed by atoms with E-state index in [2.05, 4.69) is 11.6 Å². The zero-order valence-corrected chi connectivity index (χ0v) is 7.49. The van der Waals surface area contributed by atoms with Crippen LogP contribution in [0.2, 0.25) is 0 Å². The summed E-state index contributed by atoms with van der Waals surface area (Å²) in [7, 11) is 0. The van der Waals surface area contributed by atoms with Gasteiger partial charge in [-0.15, -0.1) is 0 Å². The van der Waals surface area contributed by atoms with Gasteiger partial charge in [-0.3, -0.25) is 0 Å². The summed E-state index contributed by atoms with van der Waals surface area (Å²) in [4.78, 5) is 4.01. The van der Waals surface area contributed by atoms with Crippen molar-refractivity contribution < 1.29 is 0 Å². The van der Waals surface area contributed by atoms with Crippen molar-refractivity contribution in [2.24, 2.45) is 0 Å². The van der Waals surface area contributed by atoms with Crippen molar-refractivity contribution in [3.05, 3.63) is 31.1 Å². The summed E-state index contributed by atoms with van der Waals surface area (Å²) < 4.78 is 1.99. The third-order valence-electron chi connectivity index (χ3n) is 2.06. The van der Waals surface area contributed by atoms with Gasteiger partial charge in [-0.25, -0.2) is 4.98 Å². The number of hydrogen-bond donors (Lipinski definition) is 1. The second-order valence-electron chi connectivity index (χ2n) is 3.05. The standard InChI is InChI=1S/C10H11N3/c1-7(2)13-6-4-8-9(13)3-5-12-10(8)11/h3-6H,1H2,2H3,(H2,11,12). The number of nitrogens with two attached hydrogens (primary N) is 1. The second-order valence-corrected chi connectivity index (χ2v) is 3.05. The van der Waals surface area contributed by atoms with Gasteiger partial charge in [0, 0.05) is 23.5 Å². The molecule has 0 saturated heterocycles. The Labute approximate surface area is 76.5 Å². The molecule has 66 valence electrons. The molecule has 2 aromatic heterocycles. The average molecular weight is 173 g/mol. The van der Waals surface area contributed by atoms with Crippen molar-refractivity contribution in [1.29, 1.82) is 0 Å². The topological polar surface area (TPSA) is 43.8 Å². The molecule has 0 aromatic carbocycles. The van der Waals surface area contributed by atoms with E-state index < -0.39 is 0 Å². The van der Waals surface area contributed by atoms with Gasteiger partial charge in [0.2, 0.25) is 0 Å². The maximum atomic E-state index is 5.72. The molecule has 0 atom stereocenters. The maximum absolute atomic E-state index is 5.72. The lowest BCUT2D eigenvalue weighted by atomic mass is 10.3. The van der Waals surface area contributed by atoms with Gasteiger partial charge >= 0.3 is 0 Å². The van der Waals surface area contributed by atoms with E-state index in [1.807, 2.05) is 29.8 Å². The molecule has 13 heavy (non-hydrogen) atoms. The van der Waals surface area contributed by atoms with Crippen molar-refractivity contribution in [2.45, 2.75) is 6.92 Å². The van der Waals surface area contributed by atoms with E-state index >= 15 is 0 Å². The van der Waals surface area contributed by atoms with Gasteiger partial charge in [0.1, 0.15) is 5.82 Å². The van der Waals surface area contributed by atoms with Crippen LogP contribution in [0.1, 0.15) is 6.92 Å². The minimum absolute atomic E-state index is 0.567. The molecule has 3 nitrogen and oxygen atoms in total. The number of anilines is 1. The number of rotatable bonds is 1. The number of aromatic nitrogens is 2. The van der Waals surface area contributed by atoms with Crippen molar-refractivity contribution in [3.8, 4) is 0 Å². The molecule has 0 aliphatic carbocycles. The summed E-state index contributed by atoms with van der Waals surface area (Å²) >= 11 is 0. The molecule has 0 amide bonds. The third-order valence-corrected chi connectivity index (χ3v) is 2.06. The van der Waals surface area contributed by atoms with Crippen LogP contribution in [0.4, 0.5) is 5.82 Å². The van der Waals surface area contributed by atoms with Crippen molar-refractivity contribution in [3.63, 3.8) is 0 Å². The van der Waals surface area contributed by atoms with E-state index in [1.54, 1.807) is 6.20 Å². The first-order chi connectivity index (χ1) is 6.20. The predicted molar refractivity (Wildman–Crippen MR) is 55.1 cm³/mol. The van der Waals surface area contributed by atoms with Crippen LogP contribution >= 0.6 is 0 Å². The molecule has 0 aliphatic heterocycles. The molecular weight excluding hydrogens is 162 g/mol. The third kappa shape index (κ3) is 1.09. The molecule has 2 rings (SSSR count). The summed E-state index contributed by atoms with van der Waals surface area (Å²) in [6.07, 6.45) is 3.65. The quantitative estimate of drug-likeness (QED) is 0.717. The van der Waals surface area contributed by atoms with Crippen molar-refractivity contribution in [1.82, 2.24) is 9.55 Å². The first kappa shape index (κ1) is 7.86. The van der Waals surface area contributed by atoms with Crippen LogP contribution in [0.15, 0.2) is 31.1 Å². The molecule has 0 spiro atoms. The molecule has 0 bridgehead atoms. The summed E-state index contributed by atoms with van der Waals surface area (Å²) in [6, 6.07) is 3.88. The Balaban J connectivity index is 2.83. The van der Waals surface area contributed by atoms with E-state index in [0.29, 0.717) is 5.82 Å². The number of hydrogen-bond acceptors (Lipinski definition) is 2. The Hall–Kier alpha value is -1.77. The van der Waals surface area contributed by atoms with Gasteiger partial charge in [0.15, 0.2) is 0 Å². The molecule has 0 aliphatic rings.